The number of fused-ring (bicyclic) bond motifs is 3. The van der Waals surface area contributed by atoms with Crippen LogP contribution in [0.3, 0.4) is 0 Å². The van der Waals surface area contributed by atoms with E-state index in [1.165, 1.54) is 0 Å². The number of phenols is 1. The number of carbonyl (C=O) groups excluding carboxylic acids is 3. The number of benzene rings is 1. The molecule has 2 heterocycles. The number of furan rings is 1. The second-order valence-corrected chi connectivity index (χ2v) is 12.3. The zero-order valence-corrected chi connectivity index (χ0v) is 24.4. The number of piperazine rings is 1. The SMILES string of the molecule is CN1CCN(Cc2ccc(-c3cc(N(C)C)c4c(c3O)C(=O)C3=C(O)[C@]5(O)C(=O)C(C(N)=O)=C(O)C[C@@H]5CC3C4)o2)CC1. The predicted molar refractivity (Wildman–Crippen MR) is 156 cm³/mol. The van der Waals surface area contributed by atoms with E-state index < -0.39 is 52.0 Å². The van der Waals surface area contributed by atoms with E-state index >= 15 is 0 Å². The lowest BCUT2D eigenvalue weighted by Gasteiger charge is -2.45. The Morgan fingerprint density at radius 1 is 1.12 bits per heavy atom. The molecule has 43 heavy (non-hydrogen) atoms. The molecule has 4 aliphatic rings. The van der Waals surface area contributed by atoms with Gasteiger partial charge in [0.05, 0.1) is 17.7 Å². The summed E-state index contributed by atoms with van der Waals surface area (Å²) in [6.07, 6.45) is 0.0315. The Hall–Kier alpha value is -4.13. The minimum absolute atomic E-state index is 0.0464. The fourth-order valence-corrected chi connectivity index (χ4v) is 7.09. The molecule has 0 bridgehead atoms. The number of aromatic hydroxyl groups is 1. The number of Topliss-reactive ketones (excluding diaryl/α,β-unsaturated/α-hetero) is 2. The summed E-state index contributed by atoms with van der Waals surface area (Å²) < 4.78 is 6.15. The molecule has 228 valence electrons. The fourth-order valence-electron chi connectivity index (χ4n) is 7.09. The fraction of sp³-hybridized carbons (Fsp3) is 0.452. The normalized spacial score (nSPS) is 26.3. The van der Waals surface area contributed by atoms with Crippen LogP contribution in [0.4, 0.5) is 5.69 Å². The van der Waals surface area contributed by atoms with E-state index in [9.17, 15) is 34.8 Å². The third-order valence-corrected chi connectivity index (χ3v) is 9.42. The Kier molecular flexibility index (Phi) is 6.90. The summed E-state index contributed by atoms with van der Waals surface area (Å²) in [6.45, 7) is 4.33. The largest absolute Gasteiger partial charge is 0.511 e. The molecule has 0 radical (unpaired) electrons. The number of carbonyl (C=O) groups is 3. The number of ketones is 2. The number of aliphatic hydroxyl groups excluding tert-OH is 2. The van der Waals surface area contributed by atoms with Gasteiger partial charge in [-0.2, -0.15) is 0 Å². The van der Waals surface area contributed by atoms with E-state index in [4.69, 9.17) is 10.2 Å². The lowest BCUT2D eigenvalue weighted by atomic mass is 9.60. The van der Waals surface area contributed by atoms with Crippen molar-refractivity contribution < 1.29 is 39.2 Å². The van der Waals surface area contributed by atoms with Crippen LogP contribution < -0.4 is 10.6 Å². The summed E-state index contributed by atoms with van der Waals surface area (Å²) in [5.74, 6) is -5.46. The predicted octanol–water partition coefficient (Wildman–Crippen LogP) is 1.65. The number of allylic oxidation sites excluding steroid dienone is 2. The summed E-state index contributed by atoms with van der Waals surface area (Å²) >= 11 is 0. The van der Waals surface area contributed by atoms with E-state index in [0.29, 0.717) is 34.9 Å². The summed E-state index contributed by atoms with van der Waals surface area (Å²) in [5, 5.41) is 44.8. The molecular weight excluding hydrogens is 556 g/mol. The molecule has 1 amide bonds. The van der Waals surface area contributed by atoms with Crippen molar-refractivity contribution in [2.75, 3.05) is 52.2 Å². The van der Waals surface area contributed by atoms with Crippen LogP contribution >= 0.6 is 0 Å². The van der Waals surface area contributed by atoms with Crippen LogP contribution in [-0.4, -0.2) is 101 Å². The molecule has 1 aromatic carbocycles. The van der Waals surface area contributed by atoms with Gasteiger partial charge in [-0.3, -0.25) is 19.3 Å². The molecule has 0 spiro atoms. The summed E-state index contributed by atoms with van der Waals surface area (Å²) in [5.41, 5.74) is 3.18. The Bertz CT molecular complexity index is 1610. The van der Waals surface area contributed by atoms with Gasteiger partial charge >= 0.3 is 0 Å². The smallest absolute Gasteiger partial charge is 0.255 e. The lowest BCUT2D eigenvalue weighted by molar-refractivity contribution is -0.144. The van der Waals surface area contributed by atoms with Crippen molar-refractivity contribution in [1.29, 1.82) is 0 Å². The number of hydrogen-bond donors (Lipinski definition) is 5. The van der Waals surface area contributed by atoms with Gasteiger partial charge in [0.2, 0.25) is 5.78 Å². The zero-order valence-electron chi connectivity index (χ0n) is 24.4. The van der Waals surface area contributed by atoms with Crippen molar-refractivity contribution in [2.45, 2.75) is 31.4 Å². The van der Waals surface area contributed by atoms with E-state index in [0.717, 1.165) is 26.2 Å². The Morgan fingerprint density at radius 2 is 1.81 bits per heavy atom. The number of amides is 1. The number of phenolic OH excluding ortho intramolecular Hbond substituents is 1. The second-order valence-electron chi connectivity index (χ2n) is 12.3. The first kappa shape index (κ1) is 29.0. The van der Waals surface area contributed by atoms with Gasteiger partial charge in [0.1, 0.15) is 34.4 Å². The molecule has 0 saturated carbocycles. The Labute approximate surface area is 248 Å². The van der Waals surface area contributed by atoms with Crippen molar-refractivity contribution in [1.82, 2.24) is 9.80 Å². The molecule has 1 unspecified atom stereocenters. The first-order valence-corrected chi connectivity index (χ1v) is 14.4. The van der Waals surface area contributed by atoms with Crippen LogP contribution in [0.1, 0.15) is 34.5 Å². The number of rotatable bonds is 5. The van der Waals surface area contributed by atoms with Crippen LogP contribution in [0.2, 0.25) is 0 Å². The standard InChI is InChI=1S/C31H36N4O8/c1-33(2)20-13-19(22-5-4-17(43-22)14-35-8-6-34(3)7-9-35)26(37)24-18(20)11-15-10-16-12-21(36)25(30(32)41)29(40)31(16,42)28(39)23(15)27(24)38/h4-5,13,15-16,36-37,39,42H,6-12,14H2,1-3H3,(H2,32,41)/t15?,16-,31-/m0/s1. The lowest BCUT2D eigenvalue weighted by Crippen LogP contribution is -2.57. The Balaban J connectivity index is 1.42. The summed E-state index contributed by atoms with van der Waals surface area (Å²) in [4.78, 5) is 45.6. The highest BCUT2D eigenvalue weighted by molar-refractivity contribution is 6.24. The van der Waals surface area contributed by atoms with Crippen LogP contribution in [-0.2, 0) is 22.6 Å². The van der Waals surface area contributed by atoms with Gasteiger partial charge in [0.25, 0.3) is 5.91 Å². The molecule has 3 atom stereocenters. The number of hydrogen-bond acceptors (Lipinski definition) is 11. The maximum Gasteiger partial charge on any atom is 0.255 e. The van der Waals surface area contributed by atoms with E-state index in [2.05, 4.69) is 16.8 Å². The average molecular weight is 593 g/mol. The zero-order chi connectivity index (χ0) is 31.0. The molecule has 3 aliphatic carbocycles. The highest BCUT2D eigenvalue weighted by atomic mass is 16.4. The topological polar surface area (TPSA) is 181 Å². The highest BCUT2D eigenvalue weighted by Crippen LogP contribution is 2.53. The maximum atomic E-state index is 14.1. The molecule has 12 heteroatoms. The summed E-state index contributed by atoms with van der Waals surface area (Å²) in [7, 11) is 5.72. The summed E-state index contributed by atoms with van der Waals surface area (Å²) in [6, 6.07) is 5.36. The quantitative estimate of drug-likeness (QED) is 0.319. The van der Waals surface area contributed by atoms with Gasteiger partial charge in [-0.15, -0.1) is 0 Å². The third-order valence-electron chi connectivity index (χ3n) is 9.42. The molecule has 2 aromatic rings. The second kappa shape index (κ2) is 10.2. The van der Waals surface area contributed by atoms with E-state index in [1.807, 2.05) is 25.1 Å². The highest BCUT2D eigenvalue weighted by Gasteiger charge is 2.59. The van der Waals surface area contributed by atoms with Crippen molar-refractivity contribution in [3.05, 3.63) is 57.8 Å². The minimum atomic E-state index is -2.60. The van der Waals surface area contributed by atoms with Crippen LogP contribution in [0, 0.1) is 11.8 Å². The molecule has 1 saturated heterocycles. The average Bonchev–Trinajstić information content (AvgIpc) is 3.39. The van der Waals surface area contributed by atoms with Crippen molar-refractivity contribution in [3.63, 3.8) is 0 Å². The molecule has 1 fully saturated rings. The van der Waals surface area contributed by atoms with Crippen LogP contribution in [0.25, 0.3) is 11.3 Å². The Morgan fingerprint density at radius 3 is 2.47 bits per heavy atom. The van der Waals surface area contributed by atoms with Crippen LogP contribution in [0.15, 0.2) is 45.3 Å². The molecule has 6 N–H and O–H groups in total. The number of likely N-dealkylation sites (N-methyl/N-ethyl adjacent to an activating group) is 1. The first-order chi connectivity index (χ1) is 20.3. The molecule has 12 nitrogen and oxygen atoms in total. The number of nitrogens with two attached hydrogens (primary N) is 1. The van der Waals surface area contributed by atoms with Gasteiger partial charge in [-0.25, -0.2) is 0 Å². The van der Waals surface area contributed by atoms with Crippen molar-refractivity contribution in [3.8, 4) is 17.1 Å². The number of aliphatic hydroxyl groups is 3. The first-order valence-electron chi connectivity index (χ1n) is 14.4. The van der Waals surface area contributed by atoms with Gasteiger partial charge in [-0.1, -0.05) is 0 Å². The van der Waals surface area contributed by atoms with Crippen molar-refractivity contribution >= 4 is 23.2 Å². The molecular formula is C31H36N4O8. The maximum absolute atomic E-state index is 14.1. The molecule has 1 aromatic heterocycles. The third kappa shape index (κ3) is 4.43. The molecule has 6 rings (SSSR count). The van der Waals surface area contributed by atoms with Crippen LogP contribution in [0.5, 0.6) is 5.75 Å². The monoisotopic (exact) mass is 592 g/mol. The number of nitrogens with zero attached hydrogens (tertiary/aromatic N) is 3. The number of anilines is 1. The van der Waals surface area contributed by atoms with Gasteiger partial charge in [0.15, 0.2) is 11.4 Å². The van der Waals surface area contributed by atoms with Gasteiger partial charge in [0, 0.05) is 63.9 Å². The van der Waals surface area contributed by atoms with Gasteiger partial charge < -0.3 is 40.4 Å². The minimum Gasteiger partial charge on any atom is -0.511 e. The molecule has 1 aliphatic heterocycles. The van der Waals surface area contributed by atoms with Crippen molar-refractivity contribution in [2.24, 2.45) is 17.6 Å². The van der Waals surface area contributed by atoms with E-state index in [-0.39, 0.29) is 36.1 Å². The number of primary amides is 1. The van der Waals surface area contributed by atoms with Gasteiger partial charge in [-0.05, 0) is 49.6 Å². The van der Waals surface area contributed by atoms with E-state index in [1.54, 1.807) is 12.1 Å².